The summed E-state index contributed by atoms with van der Waals surface area (Å²) in [6, 6.07) is 22.7. The average molecular weight is 402 g/mol. The summed E-state index contributed by atoms with van der Waals surface area (Å²) in [4.78, 5) is 22.1. The third-order valence-electron chi connectivity index (χ3n) is 5.41. The summed E-state index contributed by atoms with van der Waals surface area (Å²) in [5, 5.41) is 11.4. The smallest absolute Gasteiger partial charge is 0.298 e. The maximum Gasteiger partial charge on any atom is 0.298 e. The van der Waals surface area contributed by atoms with Crippen LogP contribution in [0.4, 0.5) is 5.69 Å². The van der Waals surface area contributed by atoms with Crippen molar-refractivity contribution >= 4 is 18.4 Å². The average Bonchev–Trinajstić information content (AvgIpc) is 3.25. The SMILES string of the molecule is O=COc1ccc(N2NC(c3ccccc3C=O)CC2c2ccc(CO)cc2)cc1. The minimum atomic E-state index is -0.0418. The molecule has 2 unspecified atom stereocenters. The van der Waals surface area contributed by atoms with Crippen LogP contribution in [0.25, 0.3) is 0 Å². The zero-order valence-electron chi connectivity index (χ0n) is 16.3. The van der Waals surface area contributed by atoms with Crippen LogP contribution in [-0.4, -0.2) is 17.9 Å². The van der Waals surface area contributed by atoms with Crippen molar-refractivity contribution in [1.29, 1.82) is 0 Å². The number of anilines is 1. The zero-order valence-corrected chi connectivity index (χ0v) is 16.3. The molecular formula is C24H22N2O4. The number of nitrogens with one attached hydrogen (secondary N) is 1. The molecule has 6 nitrogen and oxygen atoms in total. The van der Waals surface area contributed by atoms with Gasteiger partial charge >= 0.3 is 0 Å². The summed E-state index contributed by atoms with van der Waals surface area (Å²) in [5.41, 5.74) is 8.03. The highest BCUT2D eigenvalue weighted by Gasteiger charge is 2.34. The lowest BCUT2D eigenvalue weighted by Gasteiger charge is -2.27. The van der Waals surface area contributed by atoms with Crippen LogP contribution in [0.5, 0.6) is 5.75 Å². The largest absolute Gasteiger partial charge is 0.429 e. The molecule has 0 bridgehead atoms. The van der Waals surface area contributed by atoms with Crippen molar-refractivity contribution in [3.63, 3.8) is 0 Å². The Morgan fingerprint density at radius 3 is 2.40 bits per heavy atom. The molecule has 0 spiro atoms. The second-order valence-corrected chi connectivity index (χ2v) is 7.16. The van der Waals surface area contributed by atoms with E-state index >= 15 is 0 Å². The Balaban J connectivity index is 1.69. The number of nitrogens with zero attached hydrogens (tertiary/aromatic N) is 1. The summed E-state index contributed by atoms with van der Waals surface area (Å²) in [6.07, 6.45) is 1.65. The molecule has 1 saturated heterocycles. The number of hydrazine groups is 1. The van der Waals surface area contributed by atoms with Gasteiger partial charge in [0.1, 0.15) is 12.0 Å². The van der Waals surface area contributed by atoms with Crippen molar-refractivity contribution in [2.24, 2.45) is 0 Å². The number of rotatable bonds is 7. The predicted octanol–water partition coefficient (Wildman–Crippen LogP) is 3.72. The van der Waals surface area contributed by atoms with E-state index in [1.54, 1.807) is 12.1 Å². The van der Waals surface area contributed by atoms with E-state index in [0.29, 0.717) is 17.8 Å². The molecular weight excluding hydrogens is 380 g/mol. The van der Waals surface area contributed by atoms with Crippen LogP contribution in [0.2, 0.25) is 0 Å². The van der Waals surface area contributed by atoms with Gasteiger partial charge in [0.05, 0.1) is 24.4 Å². The Labute approximate surface area is 174 Å². The standard InChI is InChI=1S/C24H22N2O4/c27-14-17-5-7-18(8-6-17)24-13-23(22-4-2-1-3-19(22)15-28)25-26(24)20-9-11-21(12-10-20)30-16-29/h1-12,15-16,23-25,27H,13-14H2. The number of hydrogen-bond acceptors (Lipinski definition) is 6. The third kappa shape index (κ3) is 3.96. The minimum Gasteiger partial charge on any atom is -0.429 e. The first-order valence-corrected chi connectivity index (χ1v) is 9.73. The molecule has 152 valence electrons. The number of hydrogen-bond donors (Lipinski definition) is 2. The van der Waals surface area contributed by atoms with Crippen LogP contribution >= 0.6 is 0 Å². The second kappa shape index (κ2) is 8.90. The Kier molecular flexibility index (Phi) is 5.88. The molecule has 0 aromatic heterocycles. The molecule has 1 aliphatic heterocycles. The van der Waals surface area contributed by atoms with Gasteiger partial charge in [-0.2, -0.15) is 0 Å². The summed E-state index contributed by atoms with van der Waals surface area (Å²) >= 11 is 0. The maximum atomic E-state index is 11.5. The highest BCUT2D eigenvalue weighted by Crippen LogP contribution is 2.41. The molecule has 3 aromatic rings. The second-order valence-electron chi connectivity index (χ2n) is 7.16. The van der Waals surface area contributed by atoms with Gasteiger partial charge in [0, 0.05) is 5.56 Å². The molecule has 1 heterocycles. The molecule has 1 aliphatic rings. The lowest BCUT2D eigenvalue weighted by atomic mass is 9.94. The Morgan fingerprint density at radius 2 is 1.73 bits per heavy atom. The molecule has 2 atom stereocenters. The minimum absolute atomic E-state index is 0.000437. The summed E-state index contributed by atoms with van der Waals surface area (Å²) in [5.74, 6) is 0.472. The fourth-order valence-electron chi connectivity index (χ4n) is 3.90. The summed E-state index contributed by atoms with van der Waals surface area (Å²) in [7, 11) is 0. The van der Waals surface area contributed by atoms with E-state index in [4.69, 9.17) is 4.74 Å². The van der Waals surface area contributed by atoms with Crippen molar-refractivity contribution in [1.82, 2.24) is 5.43 Å². The van der Waals surface area contributed by atoms with Crippen molar-refractivity contribution in [2.75, 3.05) is 5.01 Å². The fraction of sp³-hybridized carbons (Fsp3) is 0.167. The maximum absolute atomic E-state index is 11.5. The van der Waals surface area contributed by atoms with Crippen LogP contribution < -0.4 is 15.2 Å². The summed E-state index contributed by atoms with van der Waals surface area (Å²) in [6.45, 7) is 0.404. The van der Waals surface area contributed by atoms with E-state index < -0.39 is 0 Å². The molecule has 2 N–H and O–H groups in total. The van der Waals surface area contributed by atoms with Crippen LogP contribution in [0.1, 0.15) is 45.6 Å². The van der Waals surface area contributed by atoms with Gasteiger partial charge in [0.15, 0.2) is 0 Å². The number of carbonyl (C=O) groups excluding carboxylic acids is 2. The van der Waals surface area contributed by atoms with Crippen molar-refractivity contribution in [3.05, 3.63) is 95.1 Å². The molecule has 1 fully saturated rings. The number of ether oxygens (including phenoxy) is 1. The van der Waals surface area contributed by atoms with E-state index in [-0.39, 0.29) is 18.7 Å². The fourth-order valence-corrected chi connectivity index (χ4v) is 3.90. The van der Waals surface area contributed by atoms with Gasteiger partial charge < -0.3 is 14.9 Å². The normalized spacial score (nSPS) is 18.2. The third-order valence-corrected chi connectivity index (χ3v) is 5.41. The van der Waals surface area contributed by atoms with Crippen LogP contribution in [-0.2, 0) is 11.4 Å². The van der Waals surface area contributed by atoms with E-state index in [2.05, 4.69) is 10.4 Å². The van der Waals surface area contributed by atoms with E-state index in [1.807, 2.05) is 60.7 Å². The monoisotopic (exact) mass is 402 g/mol. The van der Waals surface area contributed by atoms with E-state index in [1.165, 1.54) is 0 Å². The molecule has 6 heteroatoms. The first kappa shape index (κ1) is 19.8. The topological polar surface area (TPSA) is 78.9 Å². The van der Waals surface area contributed by atoms with Crippen molar-refractivity contribution in [3.8, 4) is 5.75 Å². The first-order valence-electron chi connectivity index (χ1n) is 9.73. The predicted molar refractivity (Wildman–Crippen MR) is 113 cm³/mol. The number of aliphatic hydroxyl groups excluding tert-OH is 1. The molecule has 4 rings (SSSR count). The van der Waals surface area contributed by atoms with Gasteiger partial charge in [-0.1, -0.05) is 48.5 Å². The number of aldehydes is 1. The molecule has 0 radical (unpaired) electrons. The first-order chi connectivity index (χ1) is 14.7. The highest BCUT2D eigenvalue weighted by molar-refractivity contribution is 5.77. The lowest BCUT2D eigenvalue weighted by molar-refractivity contribution is -0.120. The molecule has 30 heavy (non-hydrogen) atoms. The highest BCUT2D eigenvalue weighted by atomic mass is 16.5. The van der Waals surface area contributed by atoms with E-state index in [9.17, 15) is 14.7 Å². The van der Waals surface area contributed by atoms with Gasteiger partial charge in [0.2, 0.25) is 0 Å². The van der Waals surface area contributed by atoms with Gasteiger partial charge in [0.25, 0.3) is 6.47 Å². The van der Waals surface area contributed by atoms with Gasteiger partial charge in [-0.05, 0) is 47.4 Å². The Bertz CT molecular complexity index is 1020. The van der Waals surface area contributed by atoms with Gasteiger partial charge in [-0.15, -0.1) is 0 Å². The van der Waals surface area contributed by atoms with Crippen LogP contribution in [0, 0.1) is 0 Å². The lowest BCUT2D eigenvalue weighted by Crippen LogP contribution is -2.34. The van der Waals surface area contributed by atoms with E-state index in [0.717, 1.165) is 35.1 Å². The Hall–Kier alpha value is -3.48. The Morgan fingerprint density at radius 1 is 1.00 bits per heavy atom. The molecule has 0 saturated carbocycles. The number of aliphatic hydroxyl groups is 1. The molecule has 0 aliphatic carbocycles. The van der Waals surface area contributed by atoms with Crippen molar-refractivity contribution in [2.45, 2.75) is 25.1 Å². The number of benzene rings is 3. The molecule has 0 amide bonds. The molecule has 3 aromatic carbocycles. The summed E-state index contributed by atoms with van der Waals surface area (Å²) < 4.78 is 4.90. The number of carbonyl (C=O) groups is 2. The zero-order chi connectivity index (χ0) is 20.9. The van der Waals surface area contributed by atoms with Gasteiger partial charge in [-0.3, -0.25) is 9.59 Å². The quantitative estimate of drug-likeness (QED) is 0.587. The van der Waals surface area contributed by atoms with Crippen LogP contribution in [0.3, 0.4) is 0 Å². The van der Waals surface area contributed by atoms with Crippen LogP contribution in [0.15, 0.2) is 72.8 Å². The van der Waals surface area contributed by atoms with Crippen molar-refractivity contribution < 1.29 is 19.4 Å². The van der Waals surface area contributed by atoms with Gasteiger partial charge in [-0.25, -0.2) is 5.43 Å².